The highest BCUT2D eigenvalue weighted by Gasteiger charge is 2.28. The molecule has 0 saturated carbocycles. The highest BCUT2D eigenvalue weighted by Crippen LogP contribution is 2.24. The summed E-state index contributed by atoms with van der Waals surface area (Å²) in [6.07, 6.45) is 0. The lowest BCUT2D eigenvalue weighted by molar-refractivity contribution is -0.119. The molecule has 2 aromatic carbocycles. The summed E-state index contributed by atoms with van der Waals surface area (Å²) in [5, 5.41) is 2.52. The standard InChI is InChI=1S/C22H24N2O8S/c1-15-7-8-16(13-19(15)33(28,29)24-9-11-31-12-10-24)23-20(25)14-32-22(27)18-6-4-3-5-17(18)21(26)30-2/h3-8,13H,9-12,14H2,1-2H3,(H,23,25). The maximum Gasteiger partial charge on any atom is 0.339 e. The van der Waals surface area contributed by atoms with Gasteiger partial charge in [-0.25, -0.2) is 18.0 Å². The van der Waals surface area contributed by atoms with Crippen molar-refractivity contribution in [3.05, 3.63) is 59.2 Å². The predicted octanol–water partition coefficient (Wildman–Crippen LogP) is 1.60. The molecular formula is C22H24N2O8S. The van der Waals surface area contributed by atoms with Gasteiger partial charge in [0, 0.05) is 18.8 Å². The molecule has 1 N–H and O–H groups in total. The summed E-state index contributed by atoms with van der Waals surface area (Å²) in [4.78, 5) is 36.5. The molecule has 176 valence electrons. The number of methoxy groups -OCH3 is 1. The predicted molar refractivity (Wildman–Crippen MR) is 117 cm³/mol. The number of carbonyl (C=O) groups excluding carboxylic acids is 3. The minimum Gasteiger partial charge on any atom is -0.465 e. The molecule has 0 spiro atoms. The smallest absolute Gasteiger partial charge is 0.339 e. The van der Waals surface area contributed by atoms with Crippen molar-refractivity contribution in [1.82, 2.24) is 4.31 Å². The normalized spacial score (nSPS) is 14.4. The fourth-order valence-corrected chi connectivity index (χ4v) is 4.90. The van der Waals surface area contributed by atoms with E-state index in [-0.39, 0.29) is 34.8 Å². The summed E-state index contributed by atoms with van der Waals surface area (Å²) in [6, 6.07) is 10.4. The van der Waals surface area contributed by atoms with Gasteiger partial charge in [0.05, 0.1) is 36.3 Å². The molecule has 1 aliphatic heterocycles. The van der Waals surface area contributed by atoms with E-state index in [1.165, 1.54) is 29.6 Å². The summed E-state index contributed by atoms with van der Waals surface area (Å²) in [6.45, 7) is 2.17. The first kappa shape index (κ1) is 24.4. The van der Waals surface area contributed by atoms with Gasteiger partial charge in [-0.3, -0.25) is 4.79 Å². The summed E-state index contributed by atoms with van der Waals surface area (Å²) < 4.78 is 42.2. The van der Waals surface area contributed by atoms with Crippen LogP contribution in [0.15, 0.2) is 47.4 Å². The summed E-state index contributed by atoms with van der Waals surface area (Å²) >= 11 is 0. The van der Waals surface area contributed by atoms with Crippen LogP contribution in [0.1, 0.15) is 26.3 Å². The van der Waals surface area contributed by atoms with Crippen molar-refractivity contribution in [3.63, 3.8) is 0 Å². The quantitative estimate of drug-likeness (QED) is 0.597. The number of nitrogens with zero attached hydrogens (tertiary/aromatic N) is 1. The monoisotopic (exact) mass is 476 g/mol. The lowest BCUT2D eigenvalue weighted by Gasteiger charge is -2.26. The Morgan fingerprint density at radius 1 is 1.03 bits per heavy atom. The van der Waals surface area contributed by atoms with Crippen molar-refractivity contribution in [2.24, 2.45) is 0 Å². The Labute approximate surface area is 191 Å². The highest BCUT2D eigenvalue weighted by molar-refractivity contribution is 7.89. The van der Waals surface area contributed by atoms with Gasteiger partial charge in [-0.15, -0.1) is 0 Å². The van der Waals surface area contributed by atoms with Crippen molar-refractivity contribution in [2.45, 2.75) is 11.8 Å². The van der Waals surface area contributed by atoms with E-state index in [4.69, 9.17) is 9.47 Å². The van der Waals surface area contributed by atoms with E-state index >= 15 is 0 Å². The Bertz CT molecular complexity index is 1160. The van der Waals surface area contributed by atoms with Crippen LogP contribution in [0.3, 0.4) is 0 Å². The second-order valence-corrected chi connectivity index (χ2v) is 9.06. The van der Waals surface area contributed by atoms with Crippen LogP contribution in [0.5, 0.6) is 0 Å². The molecule has 1 saturated heterocycles. The van der Waals surface area contributed by atoms with Crippen LogP contribution in [-0.2, 0) is 29.0 Å². The molecule has 33 heavy (non-hydrogen) atoms. The van der Waals surface area contributed by atoms with Crippen LogP contribution in [0.25, 0.3) is 0 Å². The van der Waals surface area contributed by atoms with Gasteiger partial charge in [0.1, 0.15) is 0 Å². The third-order valence-electron chi connectivity index (χ3n) is 4.95. The first-order chi connectivity index (χ1) is 15.7. The number of hydrogen-bond donors (Lipinski definition) is 1. The molecule has 11 heteroatoms. The number of ether oxygens (including phenoxy) is 3. The molecule has 3 rings (SSSR count). The fourth-order valence-electron chi connectivity index (χ4n) is 3.24. The van der Waals surface area contributed by atoms with Gasteiger partial charge < -0.3 is 19.5 Å². The topological polar surface area (TPSA) is 128 Å². The van der Waals surface area contributed by atoms with E-state index < -0.39 is 34.5 Å². The van der Waals surface area contributed by atoms with Crippen molar-refractivity contribution in [2.75, 3.05) is 45.3 Å². The Balaban J connectivity index is 1.67. The summed E-state index contributed by atoms with van der Waals surface area (Å²) in [5.41, 5.74) is 0.752. The van der Waals surface area contributed by atoms with Gasteiger partial charge in [-0.05, 0) is 36.8 Å². The molecule has 1 amide bonds. The lowest BCUT2D eigenvalue weighted by Crippen LogP contribution is -2.40. The van der Waals surface area contributed by atoms with Gasteiger partial charge in [0.2, 0.25) is 10.0 Å². The zero-order valence-corrected chi connectivity index (χ0v) is 19.0. The number of hydrogen-bond acceptors (Lipinski definition) is 8. The summed E-state index contributed by atoms with van der Waals surface area (Å²) in [5.74, 6) is -2.25. The molecule has 2 aromatic rings. The summed E-state index contributed by atoms with van der Waals surface area (Å²) in [7, 11) is -2.57. The highest BCUT2D eigenvalue weighted by atomic mass is 32.2. The second kappa shape index (κ2) is 10.6. The number of carbonyl (C=O) groups is 3. The molecule has 0 aliphatic carbocycles. The van der Waals surface area contributed by atoms with Gasteiger partial charge in [0.15, 0.2) is 6.61 Å². The van der Waals surface area contributed by atoms with E-state index in [0.29, 0.717) is 18.8 Å². The van der Waals surface area contributed by atoms with Crippen LogP contribution < -0.4 is 5.32 Å². The number of amides is 1. The fraction of sp³-hybridized carbons (Fsp3) is 0.318. The largest absolute Gasteiger partial charge is 0.465 e. The Morgan fingerprint density at radius 3 is 2.30 bits per heavy atom. The van der Waals surface area contributed by atoms with Crippen LogP contribution in [0, 0.1) is 6.92 Å². The molecule has 10 nitrogen and oxygen atoms in total. The third-order valence-corrected chi connectivity index (χ3v) is 6.99. The average Bonchev–Trinajstić information content (AvgIpc) is 2.83. The zero-order chi connectivity index (χ0) is 24.0. The van der Waals surface area contributed by atoms with Gasteiger partial charge in [0.25, 0.3) is 5.91 Å². The van der Waals surface area contributed by atoms with E-state index in [1.807, 2.05) is 0 Å². The second-order valence-electron chi connectivity index (χ2n) is 7.16. The van der Waals surface area contributed by atoms with Crippen LogP contribution in [0.2, 0.25) is 0 Å². The van der Waals surface area contributed by atoms with Gasteiger partial charge >= 0.3 is 11.9 Å². The Hall–Kier alpha value is -3.28. The Kier molecular flexibility index (Phi) is 7.79. The van der Waals surface area contributed by atoms with Gasteiger partial charge in [-0.2, -0.15) is 4.31 Å². The maximum atomic E-state index is 13.0. The first-order valence-corrected chi connectivity index (χ1v) is 11.5. The molecule has 1 fully saturated rings. The Morgan fingerprint density at radius 2 is 1.67 bits per heavy atom. The average molecular weight is 477 g/mol. The van der Waals surface area contributed by atoms with Crippen LogP contribution >= 0.6 is 0 Å². The van der Waals surface area contributed by atoms with E-state index in [0.717, 1.165) is 0 Å². The number of esters is 2. The molecule has 1 heterocycles. The maximum absolute atomic E-state index is 13.0. The van der Waals surface area contributed by atoms with E-state index in [9.17, 15) is 22.8 Å². The molecule has 0 atom stereocenters. The molecule has 0 aromatic heterocycles. The van der Waals surface area contributed by atoms with Crippen molar-refractivity contribution in [3.8, 4) is 0 Å². The van der Waals surface area contributed by atoms with Crippen molar-refractivity contribution in [1.29, 1.82) is 0 Å². The number of aryl methyl sites for hydroxylation is 1. The molecule has 0 unspecified atom stereocenters. The minimum atomic E-state index is -3.76. The number of anilines is 1. The minimum absolute atomic E-state index is 0.0157. The molecule has 0 radical (unpaired) electrons. The number of benzene rings is 2. The van der Waals surface area contributed by atoms with E-state index in [1.54, 1.807) is 31.2 Å². The van der Waals surface area contributed by atoms with Crippen molar-refractivity contribution >= 4 is 33.6 Å². The molecule has 0 bridgehead atoms. The number of nitrogens with one attached hydrogen (secondary N) is 1. The first-order valence-electron chi connectivity index (χ1n) is 10.1. The van der Waals surface area contributed by atoms with E-state index in [2.05, 4.69) is 10.1 Å². The van der Waals surface area contributed by atoms with Gasteiger partial charge in [-0.1, -0.05) is 18.2 Å². The molecular weight excluding hydrogens is 452 g/mol. The third kappa shape index (κ3) is 5.75. The molecule has 1 aliphatic rings. The van der Waals surface area contributed by atoms with Crippen LogP contribution in [-0.4, -0.2) is 70.6 Å². The van der Waals surface area contributed by atoms with Crippen molar-refractivity contribution < 1.29 is 37.0 Å². The number of sulfonamides is 1. The van der Waals surface area contributed by atoms with Crippen LogP contribution in [0.4, 0.5) is 5.69 Å². The lowest BCUT2D eigenvalue weighted by atomic mass is 10.1. The number of rotatable bonds is 7. The zero-order valence-electron chi connectivity index (χ0n) is 18.2. The SMILES string of the molecule is COC(=O)c1ccccc1C(=O)OCC(=O)Nc1ccc(C)c(S(=O)(=O)N2CCOCC2)c1. The number of morpholine rings is 1.